The third-order valence-corrected chi connectivity index (χ3v) is 4.75. The van der Waals surface area contributed by atoms with Crippen LogP contribution in [-0.2, 0) is 11.8 Å². The maximum absolute atomic E-state index is 14.1. The molecule has 0 unspecified atom stereocenters. The number of hydrogen-bond acceptors (Lipinski definition) is 5. The fourth-order valence-corrected chi connectivity index (χ4v) is 3.33. The van der Waals surface area contributed by atoms with E-state index >= 15 is 0 Å². The Bertz CT molecular complexity index is 1190. The highest BCUT2D eigenvalue weighted by Gasteiger charge is 2.26. The minimum absolute atomic E-state index is 0.0553. The molecule has 1 N–H and O–H groups in total. The Balaban J connectivity index is 1.81. The van der Waals surface area contributed by atoms with E-state index in [9.17, 15) is 18.4 Å². The van der Waals surface area contributed by atoms with Gasteiger partial charge in [-0.3, -0.25) is 4.79 Å². The van der Waals surface area contributed by atoms with Crippen molar-refractivity contribution in [2.24, 2.45) is 7.05 Å². The van der Waals surface area contributed by atoms with E-state index in [2.05, 4.69) is 5.32 Å². The van der Waals surface area contributed by atoms with Crippen molar-refractivity contribution in [1.82, 2.24) is 4.57 Å². The molecular weight excluding hydrogens is 410 g/mol. The monoisotopic (exact) mass is 428 g/mol. The summed E-state index contributed by atoms with van der Waals surface area (Å²) in [6, 6.07) is 7.70. The number of fused-ring (bicyclic) bond motifs is 1. The number of anilines is 1. The molecule has 4 rings (SSSR count). The number of nitrogens with zero attached hydrogens (tertiary/aromatic N) is 1. The molecule has 0 saturated carbocycles. The average Bonchev–Trinajstić information content (AvgIpc) is 3.33. The third kappa shape index (κ3) is 3.81. The van der Waals surface area contributed by atoms with Crippen molar-refractivity contribution in [3.63, 3.8) is 0 Å². The first kappa shape index (κ1) is 20.4. The highest BCUT2D eigenvalue weighted by atomic mass is 19.1. The van der Waals surface area contributed by atoms with Gasteiger partial charge in [0.2, 0.25) is 6.79 Å². The molecule has 1 amide bonds. The molecule has 0 spiro atoms. The van der Waals surface area contributed by atoms with Gasteiger partial charge < -0.3 is 24.1 Å². The van der Waals surface area contributed by atoms with E-state index in [4.69, 9.17) is 14.2 Å². The summed E-state index contributed by atoms with van der Waals surface area (Å²) in [4.78, 5) is 25.4. The summed E-state index contributed by atoms with van der Waals surface area (Å²) in [5.74, 6) is -2.16. The maximum atomic E-state index is 14.1. The molecule has 2 aromatic carbocycles. The Hall–Kier alpha value is -3.88. The van der Waals surface area contributed by atoms with Crippen molar-refractivity contribution in [2.75, 3.05) is 18.7 Å². The molecule has 0 aliphatic carbocycles. The molecule has 0 saturated heterocycles. The Morgan fingerprint density at radius 1 is 1.13 bits per heavy atom. The molecule has 3 aromatic rings. The molecule has 0 radical (unpaired) electrons. The summed E-state index contributed by atoms with van der Waals surface area (Å²) in [6.07, 6.45) is 1.63. The van der Waals surface area contributed by atoms with E-state index in [-0.39, 0.29) is 24.8 Å². The maximum Gasteiger partial charge on any atom is 0.357 e. The van der Waals surface area contributed by atoms with Gasteiger partial charge in [0.15, 0.2) is 17.2 Å². The van der Waals surface area contributed by atoms with E-state index in [0.29, 0.717) is 22.6 Å². The number of carbonyl (C=O) groups excluding carboxylic acids is 2. The number of benzene rings is 2. The summed E-state index contributed by atoms with van der Waals surface area (Å²) >= 11 is 0. The first-order valence-corrected chi connectivity index (χ1v) is 9.42. The summed E-state index contributed by atoms with van der Waals surface area (Å²) in [5.41, 5.74) is 0.753. The number of carbonyl (C=O) groups is 2. The standard InChI is InChI=1S/C22H18F2N2O5/c1-3-29-22(28)20-19(25-21(27)14-9-13(23)5-6-16(14)24)15(10-26(20)2)12-4-7-17-18(8-12)31-11-30-17/h4-10H,3,11H2,1-2H3,(H,25,27). The van der Waals surface area contributed by atoms with Gasteiger partial charge >= 0.3 is 5.97 Å². The van der Waals surface area contributed by atoms with Gasteiger partial charge in [-0.1, -0.05) is 6.07 Å². The second kappa shape index (κ2) is 8.10. The van der Waals surface area contributed by atoms with E-state index in [1.54, 1.807) is 38.4 Å². The Morgan fingerprint density at radius 2 is 1.90 bits per heavy atom. The minimum Gasteiger partial charge on any atom is -0.461 e. The molecule has 0 bridgehead atoms. The number of aromatic nitrogens is 1. The van der Waals surface area contributed by atoms with Gasteiger partial charge in [0.25, 0.3) is 5.91 Å². The summed E-state index contributed by atoms with van der Waals surface area (Å²) in [5, 5.41) is 2.55. The highest BCUT2D eigenvalue weighted by Crippen LogP contribution is 2.40. The fourth-order valence-electron chi connectivity index (χ4n) is 3.33. The lowest BCUT2D eigenvalue weighted by Gasteiger charge is -2.11. The van der Waals surface area contributed by atoms with Crippen molar-refractivity contribution in [1.29, 1.82) is 0 Å². The number of amides is 1. The topological polar surface area (TPSA) is 78.8 Å². The smallest absolute Gasteiger partial charge is 0.357 e. The first-order chi connectivity index (χ1) is 14.9. The Morgan fingerprint density at radius 3 is 2.68 bits per heavy atom. The van der Waals surface area contributed by atoms with E-state index in [1.807, 2.05) is 0 Å². The normalized spacial score (nSPS) is 12.0. The second-order valence-electron chi connectivity index (χ2n) is 6.74. The van der Waals surface area contributed by atoms with Gasteiger partial charge in [-0.15, -0.1) is 0 Å². The van der Waals surface area contributed by atoms with Gasteiger partial charge in [-0.2, -0.15) is 0 Å². The summed E-state index contributed by atoms with van der Waals surface area (Å²) < 4.78 is 45.0. The van der Waals surface area contributed by atoms with Crippen molar-refractivity contribution in [2.45, 2.75) is 6.92 Å². The molecule has 1 aliphatic heterocycles. The third-order valence-electron chi connectivity index (χ3n) is 4.75. The van der Waals surface area contributed by atoms with Crippen molar-refractivity contribution >= 4 is 17.6 Å². The van der Waals surface area contributed by atoms with E-state index in [1.165, 1.54) is 4.57 Å². The van der Waals surface area contributed by atoms with Crippen LogP contribution in [0.5, 0.6) is 11.5 Å². The lowest BCUT2D eigenvalue weighted by atomic mass is 10.1. The second-order valence-corrected chi connectivity index (χ2v) is 6.74. The van der Waals surface area contributed by atoms with Crippen LogP contribution in [0.2, 0.25) is 0 Å². The van der Waals surface area contributed by atoms with Gasteiger partial charge in [-0.25, -0.2) is 13.6 Å². The molecule has 0 atom stereocenters. The van der Waals surface area contributed by atoms with Crippen molar-refractivity contribution in [3.8, 4) is 22.6 Å². The number of ether oxygens (including phenoxy) is 3. The van der Waals surface area contributed by atoms with Crippen LogP contribution in [0.4, 0.5) is 14.5 Å². The molecule has 1 aliphatic rings. The zero-order valence-electron chi connectivity index (χ0n) is 16.7. The van der Waals surface area contributed by atoms with Crippen LogP contribution in [0.3, 0.4) is 0 Å². The van der Waals surface area contributed by atoms with Crippen LogP contribution >= 0.6 is 0 Å². The summed E-state index contributed by atoms with van der Waals surface area (Å²) in [6.45, 7) is 1.86. The molecular formula is C22H18F2N2O5. The Labute approximate surface area is 176 Å². The van der Waals surface area contributed by atoms with Gasteiger partial charge in [-0.05, 0) is 42.8 Å². The van der Waals surface area contributed by atoms with Crippen LogP contribution in [0.25, 0.3) is 11.1 Å². The van der Waals surface area contributed by atoms with Crippen molar-refractivity contribution in [3.05, 3.63) is 65.5 Å². The predicted molar refractivity (Wildman–Crippen MR) is 107 cm³/mol. The van der Waals surface area contributed by atoms with Crippen LogP contribution in [0, 0.1) is 11.6 Å². The van der Waals surface area contributed by atoms with Gasteiger partial charge in [0.1, 0.15) is 11.6 Å². The van der Waals surface area contributed by atoms with Crippen LogP contribution in [0.1, 0.15) is 27.8 Å². The fraction of sp³-hybridized carbons (Fsp3) is 0.182. The van der Waals surface area contributed by atoms with Crippen molar-refractivity contribution < 1.29 is 32.6 Å². The molecule has 2 heterocycles. The number of aryl methyl sites for hydroxylation is 1. The minimum atomic E-state index is -0.907. The first-order valence-electron chi connectivity index (χ1n) is 9.42. The lowest BCUT2D eigenvalue weighted by molar-refractivity contribution is 0.0516. The van der Waals surface area contributed by atoms with Crippen LogP contribution in [-0.4, -0.2) is 29.8 Å². The number of nitrogens with one attached hydrogen (secondary N) is 1. The predicted octanol–water partition coefficient (Wildman–Crippen LogP) is 4.13. The van der Waals surface area contributed by atoms with E-state index < -0.39 is 29.1 Å². The van der Waals surface area contributed by atoms with Gasteiger partial charge in [0, 0.05) is 18.8 Å². The molecule has 7 nitrogen and oxygen atoms in total. The quantitative estimate of drug-likeness (QED) is 0.619. The SMILES string of the molecule is CCOC(=O)c1c(NC(=O)c2cc(F)ccc2F)c(-c2ccc3c(c2)OCO3)cn1C. The molecule has 31 heavy (non-hydrogen) atoms. The highest BCUT2D eigenvalue weighted by molar-refractivity contribution is 6.11. The number of halogens is 2. The molecule has 1 aromatic heterocycles. The average molecular weight is 428 g/mol. The Kier molecular flexibility index (Phi) is 5.33. The lowest BCUT2D eigenvalue weighted by Crippen LogP contribution is -2.18. The zero-order valence-corrected chi connectivity index (χ0v) is 16.7. The largest absolute Gasteiger partial charge is 0.461 e. The number of rotatable bonds is 5. The zero-order chi connectivity index (χ0) is 22.1. The van der Waals surface area contributed by atoms with E-state index in [0.717, 1.165) is 18.2 Å². The van der Waals surface area contributed by atoms with Gasteiger partial charge in [0.05, 0.1) is 17.9 Å². The molecule has 9 heteroatoms. The number of hydrogen-bond donors (Lipinski definition) is 1. The van der Waals surface area contributed by atoms with Crippen LogP contribution < -0.4 is 14.8 Å². The number of esters is 1. The molecule has 160 valence electrons. The van der Waals surface area contributed by atoms with Crippen LogP contribution in [0.15, 0.2) is 42.6 Å². The molecule has 0 fully saturated rings. The summed E-state index contributed by atoms with van der Waals surface area (Å²) in [7, 11) is 1.61.